The van der Waals surface area contributed by atoms with Crippen LogP contribution in [0.3, 0.4) is 0 Å². The van der Waals surface area contributed by atoms with Gasteiger partial charge in [-0.05, 0) is 43.5 Å². The van der Waals surface area contributed by atoms with Crippen LogP contribution < -0.4 is 4.74 Å². The molecule has 0 bridgehead atoms. The number of piperidine rings is 1. The van der Waals surface area contributed by atoms with Crippen molar-refractivity contribution in [2.24, 2.45) is 0 Å². The van der Waals surface area contributed by atoms with E-state index in [1.54, 1.807) is 6.20 Å². The molecule has 0 aliphatic carbocycles. The predicted octanol–water partition coefficient (Wildman–Crippen LogP) is 3.42. The molecule has 1 aliphatic heterocycles. The molecule has 1 aromatic heterocycles. The Morgan fingerprint density at radius 1 is 1.00 bits per heavy atom. The van der Waals surface area contributed by atoms with Gasteiger partial charge in [0.05, 0.1) is 22.8 Å². The normalized spacial score (nSPS) is 14.6. The van der Waals surface area contributed by atoms with Gasteiger partial charge in [0, 0.05) is 13.1 Å². The van der Waals surface area contributed by atoms with E-state index in [0.29, 0.717) is 5.75 Å². The molecular formula is C20H21N3O2. The summed E-state index contributed by atoms with van der Waals surface area (Å²) in [6.07, 6.45) is 5.18. The summed E-state index contributed by atoms with van der Waals surface area (Å²) in [5, 5.41) is 5.40. The molecule has 128 valence electrons. The van der Waals surface area contributed by atoms with Gasteiger partial charge in [-0.3, -0.25) is 4.79 Å². The smallest absolute Gasteiger partial charge is 0.260 e. The quantitative estimate of drug-likeness (QED) is 0.734. The summed E-state index contributed by atoms with van der Waals surface area (Å²) in [6, 6.07) is 15.8. The fraction of sp³-hybridized carbons (Fsp3) is 0.300. The van der Waals surface area contributed by atoms with E-state index in [9.17, 15) is 4.79 Å². The number of rotatable bonds is 4. The van der Waals surface area contributed by atoms with E-state index in [1.165, 1.54) is 6.42 Å². The summed E-state index contributed by atoms with van der Waals surface area (Å²) < 4.78 is 7.72. The maximum atomic E-state index is 12.3. The molecule has 5 nitrogen and oxygen atoms in total. The largest absolute Gasteiger partial charge is 0.483 e. The van der Waals surface area contributed by atoms with Gasteiger partial charge >= 0.3 is 0 Å². The van der Waals surface area contributed by atoms with Crippen LogP contribution in [0.1, 0.15) is 19.3 Å². The van der Waals surface area contributed by atoms with Gasteiger partial charge in [-0.15, -0.1) is 0 Å². The van der Waals surface area contributed by atoms with Crippen LogP contribution in [-0.2, 0) is 4.79 Å². The van der Waals surface area contributed by atoms with Crippen molar-refractivity contribution in [3.8, 4) is 11.4 Å². The molecule has 1 saturated heterocycles. The van der Waals surface area contributed by atoms with E-state index < -0.39 is 0 Å². The van der Waals surface area contributed by atoms with Crippen molar-refractivity contribution in [3.05, 3.63) is 54.7 Å². The molecule has 0 atom stereocenters. The Morgan fingerprint density at radius 3 is 2.60 bits per heavy atom. The zero-order valence-electron chi connectivity index (χ0n) is 14.1. The molecule has 0 saturated carbocycles. The first kappa shape index (κ1) is 15.7. The van der Waals surface area contributed by atoms with E-state index in [2.05, 4.69) is 5.10 Å². The van der Waals surface area contributed by atoms with Crippen LogP contribution in [0.15, 0.2) is 54.7 Å². The number of ether oxygens (including phenoxy) is 1. The molecule has 0 spiro atoms. The minimum atomic E-state index is 0.0622. The number of para-hydroxylation sites is 1. The fourth-order valence-corrected chi connectivity index (χ4v) is 3.30. The molecule has 1 amide bonds. The molecular weight excluding hydrogens is 314 g/mol. The number of carbonyl (C=O) groups excluding carboxylic acids is 1. The Labute approximate surface area is 146 Å². The van der Waals surface area contributed by atoms with Crippen LogP contribution in [0, 0.1) is 0 Å². The topological polar surface area (TPSA) is 47.4 Å². The van der Waals surface area contributed by atoms with Gasteiger partial charge < -0.3 is 9.64 Å². The van der Waals surface area contributed by atoms with Gasteiger partial charge in [0.15, 0.2) is 6.61 Å². The van der Waals surface area contributed by atoms with Crippen LogP contribution in [0.25, 0.3) is 16.6 Å². The standard InChI is InChI=1S/C20H21N3O2/c24-20(22-12-5-2-6-13-22)15-25-19-11-7-10-18-17(19)14-21-23(18)16-8-3-1-4-9-16/h1,3-4,7-11,14H,2,5-6,12-13,15H2. The summed E-state index contributed by atoms with van der Waals surface area (Å²) >= 11 is 0. The zero-order chi connectivity index (χ0) is 17.1. The number of aromatic nitrogens is 2. The van der Waals surface area contributed by atoms with E-state index in [1.807, 2.05) is 58.1 Å². The first-order chi connectivity index (χ1) is 12.3. The molecule has 3 aromatic rings. The highest BCUT2D eigenvalue weighted by atomic mass is 16.5. The Kier molecular flexibility index (Phi) is 4.37. The number of likely N-dealkylation sites (tertiary alicyclic amines) is 1. The second kappa shape index (κ2) is 6.97. The van der Waals surface area contributed by atoms with Crippen LogP contribution in [0.2, 0.25) is 0 Å². The van der Waals surface area contributed by atoms with Crippen molar-refractivity contribution in [1.29, 1.82) is 0 Å². The lowest BCUT2D eigenvalue weighted by Crippen LogP contribution is -2.38. The highest BCUT2D eigenvalue weighted by molar-refractivity contribution is 5.87. The van der Waals surface area contributed by atoms with Gasteiger partial charge in [0.25, 0.3) is 5.91 Å². The Morgan fingerprint density at radius 2 is 1.80 bits per heavy atom. The molecule has 0 unspecified atom stereocenters. The Hall–Kier alpha value is -2.82. The van der Waals surface area contributed by atoms with Crippen molar-refractivity contribution >= 4 is 16.8 Å². The van der Waals surface area contributed by atoms with Gasteiger partial charge in [-0.2, -0.15) is 5.10 Å². The summed E-state index contributed by atoms with van der Waals surface area (Å²) in [7, 11) is 0. The molecule has 4 rings (SSSR count). The second-order valence-electron chi connectivity index (χ2n) is 6.31. The zero-order valence-corrected chi connectivity index (χ0v) is 14.1. The van der Waals surface area contributed by atoms with Crippen molar-refractivity contribution in [3.63, 3.8) is 0 Å². The average molecular weight is 335 g/mol. The molecule has 0 radical (unpaired) electrons. The summed E-state index contributed by atoms with van der Waals surface area (Å²) in [5.41, 5.74) is 1.97. The minimum absolute atomic E-state index is 0.0622. The average Bonchev–Trinajstić information content (AvgIpc) is 3.12. The van der Waals surface area contributed by atoms with Gasteiger partial charge in [0.1, 0.15) is 5.75 Å². The number of amides is 1. The molecule has 2 aromatic carbocycles. The van der Waals surface area contributed by atoms with Crippen molar-refractivity contribution in [2.45, 2.75) is 19.3 Å². The van der Waals surface area contributed by atoms with Gasteiger partial charge in [-0.1, -0.05) is 24.3 Å². The lowest BCUT2D eigenvalue weighted by Gasteiger charge is -2.26. The molecule has 2 heterocycles. The lowest BCUT2D eigenvalue weighted by atomic mass is 10.1. The third-order valence-electron chi connectivity index (χ3n) is 4.63. The number of fused-ring (bicyclic) bond motifs is 1. The van der Waals surface area contributed by atoms with Crippen molar-refractivity contribution in [2.75, 3.05) is 19.7 Å². The molecule has 1 aliphatic rings. The fourth-order valence-electron chi connectivity index (χ4n) is 3.30. The van der Waals surface area contributed by atoms with Gasteiger partial charge in [-0.25, -0.2) is 4.68 Å². The van der Waals surface area contributed by atoms with Crippen LogP contribution in [0.4, 0.5) is 0 Å². The summed E-state index contributed by atoms with van der Waals surface area (Å²) in [5.74, 6) is 0.761. The first-order valence-corrected chi connectivity index (χ1v) is 8.76. The molecule has 5 heteroatoms. The van der Waals surface area contributed by atoms with Crippen molar-refractivity contribution < 1.29 is 9.53 Å². The number of benzene rings is 2. The van der Waals surface area contributed by atoms with Crippen molar-refractivity contribution in [1.82, 2.24) is 14.7 Å². The third kappa shape index (κ3) is 3.22. The first-order valence-electron chi connectivity index (χ1n) is 8.76. The van der Waals surface area contributed by atoms with E-state index in [0.717, 1.165) is 42.5 Å². The maximum Gasteiger partial charge on any atom is 0.260 e. The van der Waals surface area contributed by atoms with Crippen LogP contribution in [-0.4, -0.2) is 40.3 Å². The number of hydrogen-bond acceptors (Lipinski definition) is 3. The molecule has 1 fully saturated rings. The third-order valence-corrected chi connectivity index (χ3v) is 4.63. The highest BCUT2D eigenvalue weighted by Gasteiger charge is 2.17. The monoisotopic (exact) mass is 335 g/mol. The maximum absolute atomic E-state index is 12.3. The SMILES string of the molecule is O=C(COc1cccc2c1cnn2-c1ccccc1)N1CCCCC1. The highest BCUT2D eigenvalue weighted by Crippen LogP contribution is 2.27. The van der Waals surface area contributed by atoms with Gasteiger partial charge in [0.2, 0.25) is 0 Å². The Balaban J connectivity index is 1.54. The summed E-state index contributed by atoms with van der Waals surface area (Å²) in [6.45, 7) is 1.77. The van der Waals surface area contributed by atoms with E-state index >= 15 is 0 Å². The van der Waals surface area contributed by atoms with E-state index in [-0.39, 0.29) is 12.5 Å². The minimum Gasteiger partial charge on any atom is -0.483 e. The lowest BCUT2D eigenvalue weighted by molar-refractivity contribution is -0.134. The summed E-state index contributed by atoms with van der Waals surface area (Å²) in [4.78, 5) is 14.2. The molecule has 0 N–H and O–H groups in total. The Bertz CT molecular complexity index is 867. The number of hydrogen-bond donors (Lipinski definition) is 0. The number of nitrogens with zero attached hydrogens (tertiary/aromatic N) is 3. The molecule has 25 heavy (non-hydrogen) atoms. The van der Waals surface area contributed by atoms with Crippen LogP contribution >= 0.6 is 0 Å². The van der Waals surface area contributed by atoms with Crippen LogP contribution in [0.5, 0.6) is 5.75 Å². The second-order valence-corrected chi connectivity index (χ2v) is 6.31. The van der Waals surface area contributed by atoms with E-state index in [4.69, 9.17) is 4.74 Å². The number of carbonyl (C=O) groups is 1. The predicted molar refractivity (Wildman–Crippen MR) is 97.0 cm³/mol.